The lowest BCUT2D eigenvalue weighted by Crippen LogP contribution is -2.30. The molecule has 0 aliphatic heterocycles. The Kier molecular flexibility index (Phi) is 8.53. The SMILES string of the molecule is CC(C)Cc1ncc2ccsc2n1.CC1(C(=O)O)C=CC(Cc2ccc(C(F)(F)F)cc2)=C(C(=O)O)C1. The summed E-state index contributed by atoms with van der Waals surface area (Å²) < 4.78 is 37.7. The summed E-state index contributed by atoms with van der Waals surface area (Å²) in [5, 5.41) is 21.7. The average Bonchev–Trinajstić information content (AvgIpc) is 3.28. The van der Waals surface area contributed by atoms with E-state index in [9.17, 15) is 33.0 Å². The van der Waals surface area contributed by atoms with Crippen LogP contribution in [0.3, 0.4) is 0 Å². The molecule has 0 saturated heterocycles. The molecule has 0 fully saturated rings. The summed E-state index contributed by atoms with van der Waals surface area (Å²) in [5.41, 5.74) is -1.22. The molecule has 1 aromatic carbocycles. The van der Waals surface area contributed by atoms with Crippen LogP contribution < -0.4 is 0 Å². The number of allylic oxidation sites excluding steroid dienone is 2. The van der Waals surface area contributed by atoms with Gasteiger partial charge >= 0.3 is 18.1 Å². The third-order valence-electron chi connectivity index (χ3n) is 5.85. The number of hydrogen-bond acceptors (Lipinski definition) is 5. The van der Waals surface area contributed by atoms with E-state index in [1.807, 2.05) is 6.20 Å². The molecule has 0 bridgehead atoms. The molecule has 2 N–H and O–H groups in total. The van der Waals surface area contributed by atoms with Gasteiger partial charge < -0.3 is 10.2 Å². The molecule has 3 aromatic rings. The van der Waals surface area contributed by atoms with E-state index >= 15 is 0 Å². The first-order valence-electron chi connectivity index (χ1n) is 11.5. The van der Waals surface area contributed by atoms with E-state index in [-0.39, 0.29) is 18.4 Å². The number of halogens is 3. The van der Waals surface area contributed by atoms with Gasteiger partial charge in [-0.05, 0) is 60.4 Å². The molecule has 10 heteroatoms. The molecule has 0 radical (unpaired) electrons. The van der Waals surface area contributed by atoms with Gasteiger partial charge in [0.2, 0.25) is 0 Å². The van der Waals surface area contributed by atoms with Gasteiger partial charge in [0.25, 0.3) is 0 Å². The normalized spacial score (nSPS) is 17.6. The molecule has 0 amide bonds. The Bertz CT molecular complexity index is 1340. The quantitative estimate of drug-likeness (QED) is 0.372. The van der Waals surface area contributed by atoms with Gasteiger partial charge in [0, 0.05) is 23.6 Å². The van der Waals surface area contributed by atoms with Gasteiger partial charge in [0.15, 0.2) is 0 Å². The molecule has 4 rings (SSSR count). The number of nitrogens with zero attached hydrogens (tertiary/aromatic N) is 2. The van der Waals surface area contributed by atoms with Gasteiger partial charge in [-0.2, -0.15) is 13.2 Å². The highest BCUT2D eigenvalue weighted by Gasteiger charge is 2.36. The van der Waals surface area contributed by atoms with Crippen molar-refractivity contribution in [2.75, 3.05) is 0 Å². The highest BCUT2D eigenvalue weighted by molar-refractivity contribution is 7.16. The molecular weight excluding hydrogens is 505 g/mol. The fourth-order valence-corrected chi connectivity index (χ4v) is 4.49. The third kappa shape index (κ3) is 7.25. The Morgan fingerprint density at radius 1 is 1.14 bits per heavy atom. The van der Waals surface area contributed by atoms with Crippen molar-refractivity contribution in [3.05, 3.63) is 82.2 Å². The fourth-order valence-electron chi connectivity index (χ4n) is 3.74. The van der Waals surface area contributed by atoms with Crippen LogP contribution in [0.1, 0.15) is 44.1 Å². The number of carbonyl (C=O) groups is 2. The van der Waals surface area contributed by atoms with Crippen LogP contribution in [0.5, 0.6) is 0 Å². The molecular formula is C27H27F3N2O4S. The number of thiophene rings is 1. The lowest BCUT2D eigenvalue weighted by Gasteiger charge is -2.26. The van der Waals surface area contributed by atoms with Gasteiger partial charge in [-0.15, -0.1) is 11.3 Å². The van der Waals surface area contributed by atoms with Crippen molar-refractivity contribution in [2.24, 2.45) is 11.3 Å². The molecule has 2 heterocycles. The first-order valence-corrected chi connectivity index (χ1v) is 12.4. The summed E-state index contributed by atoms with van der Waals surface area (Å²) in [5.74, 6) is -0.776. The summed E-state index contributed by atoms with van der Waals surface area (Å²) in [4.78, 5) is 32.6. The Balaban J connectivity index is 0.000000244. The number of benzene rings is 1. The third-order valence-corrected chi connectivity index (χ3v) is 6.68. The maximum atomic E-state index is 12.6. The lowest BCUT2D eigenvalue weighted by molar-refractivity contribution is -0.145. The molecule has 2 aromatic heterocycles. The minimum absolute atomic E-state index is 0.0395. The van der Waals surface area contributed by atoms with E-state index in [1.165, 1.54) is 31.2 Å². The van der Waals surface area contributed by atoms with Gasteiger partial charge in [0.1, 0.15) is 10.7 Å². The van der Waals surface area contributed by atoms with E-state index < -0.39 is 29.1 Å². The van der Waals surface area contributed by atoms with Crippen molar-refractivity contribution in [1.82, 2.24) is 9.97 Å². The van der Waals surface area contributed by atoms with Gasteiger partial charge in [-0.3, -0.25) is 4.79 Å². The zero-order chi connectivity index (χ0) is 27.4. The molecule has 1 aliphatic rings. The maximum Gasteiger partial charge on any atom is 0.416 e. The summed E-state index contributed by atoms with van der Waals surface area (Å²) >= 11 is 1.68. The number of carboxylic acids is 2. The molecule has 1 atom stereocenters. The highest BCUT2D eigenvalue weighted by Crippen LogP contribution is 2.36. The number of hydrogen-bond donors (Lipinski definition) is 2. The number of aromatic nitrogens is 2. The van der Waals surface area contributed by atoms with Crippen LogP contribution in [0.2, 0.25) is 0 Å². The number of rotatable bonds is 6. The number of fused-ring (bicyclic) bond motifs is 1. The van der Waals surface area contributed by atoms with E-state index in [0.29, 0.717) is 17.1 Å². The summed E-state index contributed by atoms with van der Waals surface area (Å²) in [6.45, 7) is 5.79. The van der Waals surface area contributed by atoms with Crippen molar-refractivity contribution >= 4 is 33.5 Å². The molecule has 196 valence electrons. The van der Waals surface area contributed by atoms with Crippen molar-refractivity contribution in [3.63, 3.8) is 0 Å². The smallest absolute Gasteiger partial charge is 0.416 e. The van der Waals surface area contributed by atoms with Crippen LogP contribution in [0, 0.1) is 11.3 Å². The van der Waals surface area contributed by atoms with Gasteiger partial charge in [0.05, 0.1) is 11.0 Å². The maximum absolute atomic E-state index is 12.6. The van der Waals surface area contributed by atoms with Crippen LogP contribution in [0.15, 0.2) is 65.2 Å². The van der Waals surface area contributed by atoms with Gasteiger partial charge in [-0.1, -0.05) is 38.1 Å². The zero-order valence-electron chi connectivity index (χ0n) is 20.5. The average molecular weight is 533 g/mol. The van der Waals surface area contributed by atoms with Crippen LogP contribution in [0.25, 0.3) is 10.2 Å². The predicted molar refractivity (Wildman–Crippen MR) is 135 cm³/mol. The van der Waals surface area contributed by atoms with Crippen LogP contribution in [-0.4, -0.2) is 32.1 Å². The minimum Gasteiger partial charge on any atom is -0.481 e. The second kappa shape index (κ2) is 11.2. The highest BCUT2D eigenvalue weighted by atomic mass is 32.1. The standard InChI is InChI=1S/C17H15F3O4.C10H12N2S/c1-16(15(23)24)7-6-11(13(9-16)14(21)22)8-10-2-4-12(5-3-10)17(18,19)20;1-7(2)5-9-11-6-8-3-4-13-10(8)12-9/h2-7H,8-9H2,1H3,(H,21,22)(H,23,24);3-4,6-7H,5H2,1-2H3. The number of carboxylic acid groups (broad SMARTS) is 2. The van der Waals surface area contributed by atoms with Crippen molar-refractivity contribution in [3.8, 4) is 0 Å². The Hall–Kier alpha value is -3.53. The van der Waals surface area contributed by atoms with Crippen molar-refractivity contribution < 1.29 is 33.0 Å². The van der Waals surface area contributed by atoms with Crippen molar-refractivity contribution in [2.45, 2.75) is 46.2 Å². The Morgan fingerprint density at radius 3 is 2.38 bits per heavy atom. The summed E-state index contributed by atoms with van der Waals surface area (Å²) in [6, 6.07) is 6.50. The topological polar surface area (TPSA) is 100 Å². The molecule has 37 heavy (non-hydrogen) atoms. The van der Waals surface area contributed by atoms with E-state index in [0.717, 1.165) is 34.6 Å². The molecule has 1 aliphatic carbocycles. The lowest BCUT2D eigenvalue weighted by atomic mass is 9.77. The fraction of sp³-hybridized carbons (Fsp3) is 0.333. The van der Waals surface area contributed by atoms with E-state index in [2.05, 4.69) is 35.3 Å². The molecule has 1 unspecified atom stereocenters. The summed E-state index contributed by atoms with van der Waals surface area (Å²) in [6.07, 6.45) is 1.23. The van der Waals surface area contributed by atoms with Crippen LogP contribution in [0.4, 0.5) is 13.2 Å². The summed E-state index contributed by atoms with van der Waals surface area (Å²) in [7, 11) is 0. The second-order valence-electron chi connectivity index (χ2n) is 9.48. The number of aliphatic carboxylic acids is 2. The largest absolute Gasteiger partial charge is 0.481 e. The Labute approximate surface area is 216 Å². The van der Waals surface area contributed by atoms with E-state index in [4.69, 9.17) is 0 Å². The van der Waals surface area contributed by atoms with Crippen LogP contribution >= 0.6 is 11.3 Å². The first-order chi connectivity index (χ1) is 17.3. The second-order valence-corrected chi connectivity index (χ2v) is 10.4. The first kappa shape index (κ1) is 28.0. The molecule has 0 saturated carbocycles. The Morgan fingerprint density at radius 2 is 1.81 bits per heavy atom. The molecule has 0 spiro atoms. The van der Waals surface area contributed by atoms with Crippen LogP contribution in [-0.2, 0) is 28.6 Å². The zero-order valence-corrected chi connectivity index (χ0v) is 21.4. The monoisotopic (exact) mass is 532 g/mol. The van der Waals surface area contributed by atoms with Gasteiger partial charge in [-0.25, -0.2) is 14.8 Å². The number of alkyl halides is 3. The van der Waals surface area contributed by atoms with E-state index in [1.54, 1.807) is 11.3 Å². The minimum atomic E-state index is -4.43. The predicted octanol–water partition coefficient (Wildman–Crippen LogP) is 6.57. The molecule has 6 nitrogen and oxygen atoms in total. The van der Waals surface area contributed by atoms with Crippen molar-refractivity contribution in [1.29, 1.82) is 0 Å².